The molecule has 0 bridgehead atoms. The maximum Gasteiger partial charge on any atom is 0.243 e. The predicted octanol–water partition coefficient (Wildman–Crippen LogP) is 3.21. The lowest BCUT2D eigenvalue weighted by Crippen LogP contribution is -2.41. The van der Waals surface area contributed by atoms with Crippen LogP contribution in [0.5, 0.6) is 0 Å². The van der Waals surface area contributed by atoms with Crippen LogP contribution in [0.1, 0.15) is 30.1 Å². The Morgan fingerprint density at radius 2 is 1.66 bits per heavy atom. The van der Waals surface area contributed by atoms with Crippen molar-refractivity contribution in [3.63, 3.8) is 0 Å². The quantitative estimate of drug-likeness (QED) is 0.750. The van der Waals surface area contributed by atoms with Crippen molar-refractivity contribution < 1.29 is 26.8 Å². The van der Waals surface area contributed by atoms with Crippen LogP contribution >= 0.6 is 0 Å². The van der Waals surface area contributed by atoms with Crippen molar-refractivity contribution in [1.82, 2.24) is 4.31 Å². The largest absolute Gasteiger partial charge is 0.326 e. The van der Waals surface area contributed by atoms with Gasteiger partial charge in [-0.05, 0) is 44.0 Å². The van der Waals surface area contributed by atoms with Crippen LogP contribution in [0.25, 0.3) is 0 Å². The summed E-state index contributed by atoms with van der Waals surface area (Å²) in [5, 5.41) is 2.47. The Hall–Kier alpha value is -2.65. The van der Waals surface area contributed by atoms with Crippen LogP contribution in [0.2, 0.25) is 0 Å². The van der Waals surface area contributed by atoms with Gasteiger partial charge in [-0.3, -0.25) is 9.59 Å². The Morgan fingerprint density at radius 3 is 2.24 bits per heavy atom. The number of carbonyl (C=O) groups excluding carboxylic acids is 2. The summed E-state index contributed by atoms with van der Waals surface area (Å²) in [7, 11) is -3.79. The van der Waals surface area contributed by atoms with Crippen LogP contribution in [0, 0.1) is 17.6 Å². The van der Waals surface area contributed by atoms with Gasteiger partial charge in [0, 0.05) is 36.3 Å². The topological polar surface area (TPSA) is 83.6 Å². The Kier molecular flexibility index (Phi) is 6.09. The van der Waals surface area contributed by atoms with Gasteiger partial charge in [0.2, 0.25) is 15.9 Å². The van der Waals surface area contributed by atoms with E-state index in [1.165, 1.54) is 29.4 Å². The van der Waals surface area contributed by atoms with Crippen molar-refractivity contribution in [2.24, 2.45) is 5.92 Å². The molecule has 1 heterocycles. The van der Waals surface area contributed by atoms with E-state index in [1.54, 1.807) is 6.07 Å². The lowest BCUT2D eigenvalue weighted by atomic mass is 9.97. The Bertz CT molecular complexity index is 1030. The standard InChI is InChI=1S/C20H20F2N2O4S/c1-13(25)15-3-2-4-19(9-15)29(27,28)24-7-5-14(6-8-24)20(26)23-18-11-16(21)10-17(22)12-18/h2-4,9-12,14H,5-8H2,1H3,(H,23,26). The van der Waals surface area contributed by atoms with Crippen LogP contribution < -0.4 is 5.32 Å². The van der Waals surface area contributed by atoms with Gasteiger partial charge in [0.1, 0.15) is 11.6 Å². The van der Waals surface area contributed by atoms with E-state index in [4.69, 9.17) is 0 Å². The molecule has 0 saturated carbocycles. The number of halogens is 2. The average Bonchev–Trinajstić information content (AvgIpc) is 2.67. The van der Waals surface area contributed by atoms with Gasteiger partial charge < -0.3 is 5.32 Å². The van der Waals surface area contributed by atoms with Gasteiger partial charge in [0.25, 0.3) is 0 Å². The van der Waals surface area contributed by atoms with Crippen LogP contribution in [0.15, 0.2) is 47.4 Å². The van der Waals surface area contributed by atoms with Crippen LogP contribution in [0.3, 0.4) is 0 Å². The smallest absolute Gasteiger partial charge is 0.243 e. The van der Waals surface area contributed by atoms with E-state index in [-0.39, 0.29) is 42.3 Å². The Labute approximate surface area is 167 Å². The number of piperidine rings is 1. The Balaban J connectivity index is 1.65. The van der Waals surface area contributed by atoms with E-state index < -0.39 is 33.5 Å². The van der Waals surface area contributed by atoms with Crippen molar-refractivity contribution in [2.75, 3.05) is 18.4 Å². The molecule has 0 radical (unpaired) electrons. The SMILES string of the molecule is CC(=O)c1cccc(S(=O)(=O)N2CCC(C(=O)Nc3cc(F)cc(F)c3)CC2)c1. The van der Waals surface area contributed by atoms with Gasteiger partial charge in [-0.2, -0.15) is 4.31 Å². The fraction of sp³-hybridized carbons (Fsp3) is 0.300. The third-order valence-electron chi connectivity index (χ3n) is 4.83. The maximum absolute atomic E-state index is 13.3. The zero-order valence-electron chi connectivity index (χ0n) is 15.7. The molecule has 29 heavy (non-hydrogen) atoms. The third-order valence-corrected chi connectivity index (χ3v) is 6.73. The molecular formula is C20H20F2N2O4S. The minimum atomic E-state index is -3.79. The summed E-state index contributed by atoms with van der Waals surface area (Å²) in [5.74, 6) is -2.71. The molecule has 1 saturated heterocycles. The molecular weight excluding hydrogens is 402 g/mol. The van der Waals surface area contributed by atoms with Crippen LogP contribution in [-0.4, -0.2) is 37.5 Å². The molecule has 0 unspecified atom stereocenters. The number of hydrogen-bond donors (Lipinski definition) is 1. The van der Waals surface area contributed by atoms with Gasteiger partial charge in [0.15, 0.2) is 5.78 Å². The highest BCUT2D eigenvalue weighted by molar-refractivity contribution is 7.89. The second kappa shape index (κ2) is 8.38. The molecule has 1 amide bonds. The molecule has 0 spiro atoms. The number of amides is 1. The molecule has 1 aliphatic heterocycles. The summed E-state index contributed by atoms with van der Waals surface area (Å²) in [6.45, 7) is 1.62. The fourth-order valence-electron chi connectivity index (χ4n) is 3.25. The van der Waals surface area contributed by atoms with E-state index in [0.29, 0.717) is 11.6 Å². The van der Waals surface area contributed by atoms with Crippen molar-refractivity contribution in [3.8, 4) is 0 Å². The zero-order chi connectivity index (χ0) is 21.2. The number of hydrogen-bond acceptors (Lipinski definition) is 4. The second-order valence-corrected chi connectivity index (χ2v) is 8.85. The first-order valence-electron chi connectivity index (χ1n) is 9.05. The number of Topliss-reactive ketones (excluding diaryl/α,β-unsaturated/α-hetero) is 1. The molecule has 0 aliphatic carbocycles. The van der Waals surface area contributed by atoms with E-state index in [0.717, 1.165) is 12.1 Å². The highest BCUT2D eigenvalue weighted by atomic mass is 32.2. The molecule has 0 atom stereocenters. The molecule has 1 fully saturated rings. The highest BCUT2D eigenvalue weighted by Gasteiger charge is 2.32. The molecule has 2 aromatic rings. The van der Waals surface area contributed by atoms with Crippen LogP contribution in [-0.2, 0) is 14.8 Å². The molecule has 9 heteroatoms. The number of carbonyl (C=O) groups is 2. The van der Waals surface area contributed by atoms with Crippen molar-refractivity contribution in [1.29, 1.82) is 0 Å². The first kappa shape index (κ1) is 21.1. The number of nitrogens with one attached hydrogen (secondary N) is 1. The first-order valence-corrected chi connectivity index (χ1v) is 10.5. The number of anilines is 1. The van der Waals surface area contributed by atoms with Crippen molar-refractivity contribution >= 4 is 27.4 Å². The number of benzene rings is 2. The summed E-state index contributed by atoms with van der Waals surface area (Å²) in [6, 6.07) is 8.58. The van der Waals surface area contributed by atoms with Crippen LogP contribution in [0.4, 0.5) is 14.5 Å². The Morgan fingerprint density at radius 1 is 1.03 bits per heavy atom. The summed E-state index contributed by atoms with van der Waals surface area (Å²) in [4.78, 5) is 23.9. The molecule has 0 aromatic heterocycles. The summed E-state index contributed by atoms with van der Waals surface area (Å²) in [6.07, 6.45) is 0.546. The van der Waals surface area contributed by atoms with E-state index in [9.17, 15) is 26.8 Å². The third kappa shape index (κ3) is 4.86. The summed E-state index contributed by atoms with van der Waals surface area (Å²) >= 11 is 0. The zero-order valence-corrected chi connectivity index (χ0v) is 16.5. The van der Waals surface area contributed by atoms with Crippen molar-refractivity contribution in [2.45, 2.75) is 24.7 Å². The molecule has 6 nitrogen and oxygen atoms in total. The van der Waals surface area contributed by atoms with Gasteiger partial charge in [-0.25, -0.2) is 17.2 Å². The first-order chi connectivity index (χ1) is 13.7. The molecule has 3 rings (SSSR count). The molecule has 1 aliphatic rings. The number of sulfonamides is 1. The monoisotopic (exact) mass is 422 g/mol. The number of rotatable bonds is 5. The molecule has 154 valence electrons. The summed E-state index contributed by atoms with van der Waals surface area (Å²) < 4.78 is 53.5. The van der Waals surface area contributed by atoms with Crippen molar-refractivity contribution in [3.05, 3.63) is 59.7 Å². The molecule has 1 N–H and O–H groups in total. The van der Waals surface area contributed by atoms with Gasteiger partial charge >= 0.3 is 0 Å². The van der Waals surface area contributed by atoms with E-state index >= 15 is 0 Å². The minimum absolute atomic E-state index is 0.0172. The number of ketones is 1. The van der Waals surface area contributed by atoms with Gasteiger partial charge in [-0.15, -0.1) is 0 Å². The minimum Gasteiger partial charge on any atom is -0.326 e. The summed E-state index contributed by atoms with van der Waals surface area (Å²) in [5.41, 5.74) is 0.325. The highest BCUT2D eigenvalue weighted by Crippen LogP contribution is 2.25. The predicted molar refractivity (Wildman–Crippen MR) is 103 cm³/mol. The average molecular weight is 422 g/mol. The maximum atomic E-state index is 13.3. The number of nitrogens with zero attached hydrogens (tertiary/aromatic N) is 1. The normalized spacial score (nSPS) is 15.8. The molecule has 2 aromatic carbocycles. The van der Waals surface area contributed by atoms with Gasteiger partial charge in [-0.1, -0.05) is 12.1 Å². The lowest BCUT2D eigenvalue weighted by molar-refractivity contribution is -0.120. The lowest BCUT2D eigenvalue weighted by Gasteiger charge is -2.30. The second-order valence-electron chi connectivity index (χ2n) is 6.91. The fourth-order valence-corrected chi connectivity index (χ4v) is 4.77. The van der Waals surface area contributed by atoms with E-state index in [2.05, 4.69) is 5.32 Å². The van der Waals surface area contributed by atoms with E-state index in [1.807, 2.05) is 0 Å². The van der Waals surface area contributed by atoms with Gasteiger partial charge in [0.05, 0.1) is 4.90 Å².